The molecule has 0 bridgehead atoms. The molecule has 0 aliphatic heterocycles. The molecule has 0 saturated heterocycles. The van der Waals surface area contributed by atoms with Gasteiger partial charge in [-0.1, -0.05) is 37.5 Å². The van der Waals surface area contributed by atoms with Crippen molar-refractivity contribution in [2.45, 2.75) is 51.4 Å². The van der Waals surface area contributed by atoms with Crippen LogP contribution in [0, 0.1) is 0 Å². The van der Waals surface area contributed by atoms with Gasteiger partial charge in [-0.15, -0.1) is 0 Å². The number of aryl methyl sites for hydroxylation is 1. The summed E-state index contributed by atoms with van der Waals surface area (Å²) in [6.45, 7) is 2.13. The summed E-state index contributed by atoms with van der Waals surface area (Å²) in [5.74, 6) is 0.637. The first-order valence-electron chi connectivity index (χ1n) is 5.53. The topological polar surface area (TPSA) is 32.9 Å². The first-order chi connectivity index (χ1) is 6.81. The average Bonchev–Trinajstić information content (AvgIpc) is 2.61. The molecule has 14 heavy (non-hydrogen) atoms. The van der Waals surface area contributed by atoms with Crippen LogP contribution in [0.5, 0.6) is 0 Å². The van der Waals surface area contributed by atoms with Crippen LogP contribution >= 0.6 is 11.3 Å². The van der Waals surface area contributed by atoms with Gasteiger partial charge in [0.25, 0.3) is 0 Å². The van der Waals surface area contributed by atoms with Gasteiger partial charge in [0.15, 0.2) is 0 Å². The van der Waals surface area contributed by atoms with Crippen molar-refractivity contribution in [2.24, 2.45) is 0 Å². The highest BCUT2D eigenvalue weighted by Gasteiger charge is 2.20. The summed E-state index contributed by atoms with van der Waals surface area (Å²) in [6, 6.07) is 0. The summed E-state index contributed by atoms with van der Waals surface area (Å²) < 4.78 is 0. The van der Waals surface area contributed by atoms with Crippen molar-refractivity contribution >= 4 is 11.3 Å². The lowest BCUT2D eigenvalue weighted by atomic mass is 9.86. The molecule has 0 aromatic carbocycles. The molecule has 1 aromatic heterocycles. The molecule has 0 spiro atoms. The Labute approximate surface area is 88.4 Å². The van der Waals surface area contributed by atoms with Gasteiger partial charge in [-0.3, -0.25) is 4.79 Å². The number of nitrogens with one attached hydrogen (secondary N) is 1. The molecule has 1 N–H and O–H groups in total. The molecule has 2 rings (SSSR count). The van der Waals surface area contributed by atoms with E-state index >= 15 is 0 Å². The first-order valence-corrected chi connectivity index (χ1v) is 6.34. The third-order valence-corrected chi connectivity index (χ3v) is 4.13. The largest absolute Gasteiger partial charge is 0.316 e. The highest BCUT2D eigenvalue weighted by atomic mass is 32.1. The Bertz CT molecular complexity index is 346. The Morgan fingerprint density at radius 3 is 2.71 bits per heavy atom. The Hall–Kier alpha value is -0.570. The van der Waals surface area contributed by atoms with Crippen molar-refractivity contribution in [1.29, 1.82) is 0 Å². The zero-order chi connectivity index (χ0) is 9.97. The standard InChI is InChI=1S/C11H17NOS/c1-2-9-10(12-11(13)14-9)8-6-4-3-5-7-8/h8H,2-7H2,1H3,(H,12,13). The molecule has 1 aliphatic carbocycles. The van der Waals surface area contributed by atoms with Crippen LogP contribution in [-0.2, 0) is 6.42 Å². The number of H-pyrrole nitrogens is 1. The van der Waals surface area contributed by atoms with Gasteiger partial charge in [0.1, 0.15) is 0 Å². The summed E-state index contributed by atoms with van der Waals surface area (Å²) >= 11 is 1.40. The molecule has 1 aromatic rings. The molecule has 2 nitrogen and oxygen atoms in total. The van der Waals surface area contributed by atoms with E-state index in [1.807, 2.05) is 0 Å². The van der Waals surface area contributed by atoms with Crippen LogP contribution in [0.1, 0.15) is 55.5 Å². The van der Waals surface area contributed by atoms with Crippen LogP contribution in [0.4, 0.5) is 0 Å². The summed E-state index contributed by atoms with van der Waals surface area (Å²) in [7, 11) is 0. The van der Waals surface area contributed by atoms with Crippen molar-refractivity contribution in [2.75, 3.05) is 0 Å². The zero-order valence-electron chi connectivity index (χ0n) is 8.64. The number of aromatic nitrogens is 1. The van der Waals surface area contributed by atoms with E-state index in [0.717, 1.165) is 6.42 Å². The van der Waals surface area contributed by atoms with Gasteiger partial charge in [-0.2, -0.15) is 0 Å². The van der Waals surface area contributed by atoms with Gasteiger partial charge >= 0.3 is 4.87 Å². The minimum Gasteiger partial charge on any atom is -0.316 e. The molecule has 0 atom stereocenters. The molecular formula is C11H17NOS. The van der Waals surface area contributed by atoms with E-state index in [-0.39, 0.29) is 4.87 Å². The summed E-state index contributed by atoms with van der Waals surface area (Å²) in [4.78, 5) is 15.7. The average molecular weight is 211 g/mol. The highest BCUT2D eigenvalue weighted by molar-refractivity contribution is 7.09. The smallest absolute Gasteiger partial charge is 0.304 e. The Morgan fingerprint density at radius 2 is 2.07 bits per heavy atom. The van der Waals surface area contributed by atoms with Gasteiger partial charge in [-0.25, -0.2) is 0 Å². The normalized spacial score (nSPS) is 18.6. The van der Waals surface area contributed by atoms with Crippen LogP contribution in [0.2, 0.25) is 0 Å². The zero-order valence-corrected chi connectivity index (χ0v) is 9.45. The maximum absolute atomic E-state index is 11.3. The number of hydrogen-bond acceptors (Lipinski definition) is 2. The van der Waals surface area contributed by atoms with E-state index in [1.165, 1.54) is 54.0 Å². The van der Waals surface area contributed by atoms with E-state index < -0.39 is 0 Å². The summed E-state index contributed by atoms with van der Waals surface area (Å²) in [5.41, 5.74) is 1.25. The maximum atomic E-state index is 11.3. The molecule has 78 valence electrons. The van der Waals surface area contributed by atoms with Gasteiger partial charge < -0.3 is 4.98 Å². The molecule has 1 saturated carbocycles. The molecule has 1 aliphatic rings. The molecular weight excluding hydrogens is 194 g/mol. The second-order valence-electron chi connectivity index (χ2n) is 4.04. The van der Waals surface area contributed by atoms with E-state index in [4.69, 9.17) is 0 Å². The molecule has 0 unspecified atom stereocenters. The lowest BCUT2D eigenvalue weighted by Crippen LogP contribution is -2.08. The van der Waals surface area contributed by atoms with E-state index in [1.54, 1.807) is 0 Å². The predicted molar refractivity (Wildman–Crippen MR) is 60.1 cm³/mol. The number of thiazole rings is 1. The van der Waals surface area contributed by atoms with Crippen molar-refractivity contribution in [3.8, 4) is 0 Å². The number of hydrogen-bond donors (Lipinski definition) is 1. The van der Waals surface area contributed by atoms with Crippen molar-refractivity contribution in [3.63, 3.8) is 0 Å². The second kappa shape index (κ2) is 4.30. The minimum absolute atomic E-state index is 0.127. The quantitative estimate of drug-likeness (QED) is 0.801. The second-order valence-corrected chi connectivity index (χ2v) is 5.11. The third kappa shape index (κ3) is 1.92. The molecule has 0 radical (unpaired) electrons. The van der Waals surface area contributed by atoms with E-state index in [2.05, 4.69) is 11.9 Å². The van der Waals surface area contributed by atoms with Crippen molar-refractivity contribution < 1.29 is 0 Å². The van der Waals surface area contributed by atoms with Gasteiger partial charge in [0, 0.05) is 16.5 Å². The third-order valence-electron chi connectivity index (χ3n) is 3.09. The van der Waals surface area contributed by atoms with Crippen molar-refractivity contribution in [1.82, 2.24) is 4.98 Å². The molecule has 0 amide bonds. The minimum atomic E-state index is 0.127. The lowest BCUT2D eigenvalue weighted by molar-refractivity contribution is 0.436. The Kier molecular flexibility index (Phi) is 3.06. The van der Waals surface area contributed by atoms with Crippen LogP contribution in [0.3, 0.4) is 0 Å². The molecule has 3 heteroatoms. The van der Waals surface area contributed by atoms with Gasteiger partial charge in [0.05, 0.1) is 0 Å². The lowest BCUT2D eigenvalue weighted by Gasteiger charge is -2.21. The van der Waals surface area contributed by atoms with Crippen LogP contribution < -0.4 is 4.87 Å². The number of aromatic amines is 1. The fraction of sp³-hybridized carbons (Fsp3) is 0.727. The van der Waals surface area contributed by atoms with Gasteiger partial charge in [-0.05, 0) is 19.3 Å². The Balaban J connectivity index is 2.24. The van der Waals surface area contributed by atoms with Crippen LogP contribution in [-0.4, -0.2) is 4.98 Å². The summed E-state index contributed by atoms with van der Waals surface area (Å²) in [5, 5.41) is 0. The van der Waals surface area contributed by atoms with E-state index in [9.17, 15) is 4.79 Å². The van der Waals surface area contributed by atoms with Crippen LogP contribution in [0.25, 0.3) is 0 Å². The van der Waals surface area contributed by atoms with Crippen LogP contribution in [0.15, 0.2) is 4.79 Å². The fourth-order valence-corrected chi connectivity index (χ4v) is 3.21. The van der Waals surface area contributed by atoms with E-state index in [0.29, 0.717) is 5.92 Å². The van der Waals surface area contributed by atoms with Gasteiger partial charge in [0.2, 0.25) is 0 Å². The molecule has 1 fully saturated rings. The van der Waals surface area contributed by atoms with Crippen molar-refractivity contribution in [3.05, 3.63) is 20.2 Å². The maximum Gasteiger partial charge on any atom is 0.304 e. The number of rotatable bonds is 2. The first kappa shape index (κ1) is 9.97. The fourth-order valence-electron chi connectivity index (χ4n) is 2.36. The SMILES string of the molecule is CCc1sc(=O)[nH]c1C1CCCCC1. The Morgan fingerprint density at radius 1 is 1.36 bits per heavy atom. The summed E-state index contributed by atoms with van der Waals surface area (Å²) in [6.07, 6.45) is 7.54. The predicted octanol–water partition coefficient (Wildman–Crippen LogP) is 3.05. The molecule has 1 heterocycles. The highest BCUT2D eigenvalue weighted by Crippen LogP contribution is 2.33. The monoisotopic (exact) mass is 211 g/mol.